The zero-order chi connectivity index (χ0) is 30.2. The van der Waals surface area contributed by atoms with Gasteiger partial charge in [-0.25, -0.2) is 27.8 Å². The molecule has 4 heterocycles. The van der Waals surface area contributed by atoms with E-state index >= 15 is 0 Å². The highest BCUT2D eigenvalue weighted by atomic mass is 32.2. The minimum Gasteiger partial charge on any atom is -0.382 e. The number of hydrogen-bond donors (Lipinski definition) is 2. The van der Waals surface area contributed by atoms with E-state index in [1.165, 1.54) is 29.5 Å². The van der Waals surface area contributed by atoms with Crippen LogP contribution in [0, 0.1) is 0 Å². The molecule has 0 aromatic carbocycles. The number of halogens is 4. The van der Waals surface area contributed by atoms with Crippen molar-refractivity contribution in [2.24, 2.45) is 0 Å². The molecule has 0 atom stereocenters. The number of rotatable bonds is 10. The Hall–Kier alpha value is -4.08. The SMILES string of the molecule is O=S(=O)(C1CC1)n1cc(-c2nccc(Nc3cc(NC4CCC(F)CC4)c(-c4ccn(CCC(F)(F)F)n4)cn3)n2)cn1. The Labute approximate surface area is 244 Å². The van der Waals surface area contributed by atoms with Crippen molar-refractivity contribution in [3.05, 3.63) is 49.2 Å². The van der Waals surface area contributed by atoms with Crippen LogP contribution in [0.3, 0.4) is 0 Å². The van der Waals surface area contributed by atoms with E-state index in [1.807, 2.05) is 0 Å². The molecule has 2 aliphatic rings. The van der Waals surface area contributed by atoms with E-state index in [2.05, 4.69) is 35.8 Å². The van der Waals surface area contributed by atoms with E-state index in [4.69, 9.17) is 0 Å². The second-order valence-corrected chi connectivity index (χ2v) is 12.8. The topological polar surface area (TPSA) is 133 Å². The molecule has 43 heavy (non-hydrogen) atoms. The first-order valence-corrected chi connectivity index (χ1v) is 15.4. The Balaban J connectivity index is 1.24. The number of aromatic nitrogens is 7. The van der Waals surface area contributed by atoms with Crippen LogP contribution in [0.2, 0.25) is 0 Å². The summed E-state index contributed by atoms with van der Waals surface area (Å²) in [5, 5.41) is 14.5. The third kappa shape index (κ3) is 6.95. The van der Waals surface area contributed by atoms with Gasteiger partial charge in [0.25, 0.3) is 10.0 Å². The van der Waals surface area contributed by atoms with Crippen molar-refractivity contribution in [1.29, 1.82) is 0 Å². The van der Waals surface area contributed by atoms with Crippen molar-refractivity contribution < 1.29 is 26.0 Å². The molecular formula is C27H29F4N9O2S. The molecule has 0 aliphatic heterocycles. The van der Waals surface area contributed by atoms with E-state index in [0.717, 1.165) is 4.09 Å². The lowest BCUT2D eigenvalue weighted by atomic mass is 9.93. The molecule has 2 N–H and O–H groups in total. The van der Waals surface area contributed by atoms with Gasteiger partial charge in [0.2, 0.25) is 0 Å². The van der Waals surface area contributed by atoms with Crippen LogP contribution in [0.5, 0.6) is 0 Å². The van der Waals surface area contributed by atoms with E-state index in [9.17, 15) is 26.0 Å². The zero-order valence-electron chi connectivity index (χ0n) is 22.9. The largest absolute Gasteiger partial charge is 0.390 e. The second-order valence-electron chi connectivity index (χ2n) is 10.8. The number of anilines is 3. The molecule has 0 amide bonds. The summed E-state index contributed by atoms with van der Waals surface area (Å²) in [7, 11) is -3.53. The molecule has 0 unspecified atom stereocenters. The minimum atomic E-state index is -4.29. The monoisotopic (exact) mass is 619 g/mol. The molecule has 6 rings (SSSR count). The van der Waals surface area contributed by atoms with Crippen molar-refractivity contribution in [3.8, 4) is 22.6 Å². The summed E-state index contributed by atoms with van der Waals surface area (Å²) in [6.45, 7) is -0.304. The highest BCUT2D eigenvalue weighted by Gasteiger charge is 2.37. The van der Waals surface area contributed by atoms with Gasteiger partial charge in [0, 0.05) is 48.5 Å². The fourth-order valence-corrected chi connectivity index (χ4v) is 6.39. The minimum absolute atomic E-state index is 0.00224. The van der Waals surface area contributed by atoms with Crippen LogP contribution in [-0.4, -0.2) is 66.0 Å². The molecule has 2 saturated carbocycles. The summed E-state index contributed by atoms with van der Waals surface area (Å²) in [5.41, 5.74) is 2.11. The van der Waals surface area contributed by atoms with Gasteiger partial charge in [-0.3, -0.25) is 4.68 Å². The van der Waals surface area contributed by atoms with E-state index < -0.39 is 34.0 Å². The van der Waals surface area contributed by atoms with Crippen molar-refractivity contribution in [1.82, 2.24) is 33.9 Å². The van der Waals surface area contributed by atoms with Crippen molar-refractivity contribution in [3.63, 3.8) is 0 Å². The number of nitrogens with one attached hydrogen (secondary N) is 2. The predicted octanol–water partition coefficient (Wildman–Crippen LogP) is 5.33. The van der Waals surface area contributed by atoms with Gasteiger partial charge in [-0.2, -0.15) is 27.5 Å². The summed E-state index contributed by atoms with van der Waals surface area (Å²) in [6, 6.07) is 5.00. The molecule has 4 aromatic heterocycles. The third-order valence-corrected chi connectivity index (χ3v) is 9.43. The molecule has 228 valence electrons. The molecule has 11 nitrogen and oxygen atoms in total. The number of nitrogens with zero attached hydrogens (tertiary/aromatic N) is 7. The molecule has 16 heteroatoms. The Morgan fingerprint density at radius 3 is 2.53 bits per heavy atom. The first-order valence-electron chi connectivity index (χ1n) is 13.9. The molecule has 0 saturated heterocycles. The molecular weight excluding hydrogens is 590 g/mol. The van der Waals surface area contributed by atoms with Crippen LogP contribution >= 0.6 is 0 Å². The third-order valence-electron chi connectivity index (χ3n) is 7.40. The van der Waals surface area contributed by atoms with Gasteiger partial charge in [0.1, 0.15) is 17.8 Å². The van der Waals surface area contributed by atoms with Gasteiger partial charge < -0.3 is 10.6 Å². The van der Waals surface area contributed by atoms with Gasteiger partial charge in [0.05, 0.1) is 35.3 Å². The van der Waals surface area contributed by atoms with Gasteiger partial charge in [-0.05, 0) is 50.7 Å². The van der Waals surface area contributed by atoms with Crippen LogP contribution < -0.4 is 10.6 Å². The van der Waals surface area contributed by atoms with Crippen molar-refractivity contribution in [2.75, 3.05) is 10.6 Å². The summed E-state index contributed by atoms with van der Waals surface area (Å²) >= 11 is 0. The molecule has 4 aromatic rings. The van der Waals surface area contributed by atoms with Crippen LogP contribution in [0.25, 0.3) is 22.6 Å². The summed E-state index contributed by atoms with van der Waals surface area (Å²) in [6.07, 6.45) is 4.63. The van der Waals surface area contributed by atoms with Gasteiger partial charge in [0.15, 0.2) is 5.82 Å². The highest BCUT2D eigenvalue weighted by molar-refractivity contribution is 7.90. The van der Waals surface area contributed by atoms with Crippen LogP contribution in [0.1, 0.15) is 44.9 Å². The lowest BCUT2D eigenvalue weighted by molar-refractivity contribution is -0.137. The van der Waals surface area contributed by atoms with Gasteiger partial charge in [-0.15, -0.1) is 0 Å². The van der Waals surface area contributed by atoms with Gasteiger partial charge in [-0.1, -0.05) is 0 Å². The number of hydrogen-bond acceptors (Lipinski definition) is 9. The number of alkyl halides is 4. The summed E-state index contributed by atoms with van der Waals surface area (Å²) < 4.78 is 79.1. The Morgan fingerprint density at radius 1 is 1.00 bits per heavy atom. The maximum atomic E-state index is 13.8. The Morgan fingerprint density at radius 2 is 1.79 bits per heavy atom. The smallest absolute Gasteiger partial charge is 0.382 e. The first kappa shape index (κ1) is 29.0. The number of pyridine rings is 1. The van der Waals surface area contributed by atoms with Crippen LogP contribution in [0.15, 0.2) is 49.2 Å². The van der Waals surface area contributed by atoms with E-state index in [-0.39, 0.29) is 18.4 Å². The standard InChI is InChI=1S/C27H29F4N9O2S/c28-18-1-3-19(4-2-18)35-23-13-25(33-15-21(23)22-8-11-39(38-22)12-9-27(29,30)31)36-24-7-10-32-26(37-24)17-14-34-40(16-17)43(41,42)20-5-6-20/h7-8,10-11,13-16,18-20H,1-6,9,12H2,(H2,32,33,35,36,37). The first-order chi connectivity index (χ1) is 20.5. The van der Waals surface area contributed by atoms with E-state index in [0.29, 0.717) is 72.7 Å². The molecule has 0 bridgehead atoms. The second kappa shape index (κ2) is 11.5. The maximum Gasteiger partial charge on any atom is 0.390 e. The van der Waals surface area contributed by atoms with Crippen molar-refractivity contribution >= 4 is 27.3 Å². The average Bonchev–Trinajstić information content (AvgIpc) is 3.53. The molecule has 2 aliphatic carbocycles. The summed E-state index contributed by atoms with van der Waals surface area (Å²) in [5.74, 6) is 1.08. The fourth-order valence-electron chi connectivity index (χ4n) is 4.91. The lowest BCUT2D eigenvalue weighted by Gasteiger charge is -2.27. The Kier molecular flexibility index (Phi) is 7.79. The highest BCUT2D eigenvalue weighted by Crippen LogP contribution is 2.33. The number of aryl methyl sites for hydroxylation is 1. The lowest BCUT2D eigenvalue weighted by Crippen LogP contribution is -2.27. The fraction of sp³-hybridized carbons (Fsp3) is 0.444. The molecule has 0 radical (unpaired) electrons. The normalized spacial score (nSPS) is 19.3. The summed E-state index contributed by atoms with van der Waals surface area (Å²) in [4.78, 5) is 13.2. The predicted molar refractivity (Wildman–Crippen MR) is 151 cm³/mol. The van der Waals surface area contributed by atoms with Crippen molar-refractivity contribution in [2.45, 2.75) is 75.1 Å². The zero-order valence-corrected chi connectivity index (χ0v) is 23.7. The molecule has 2 fully saturated rings. The average molecular weight is 620 g/mol. The Bertz CT molecular complexity index is 1690. The van der Waals surface area contributed by atoms with Gasteiger partial charge >= 0.3 is 6.18 Å². The molecule has 0 spiro atoms. The van der Waals surface area contributed by atoms with Crippen LogP contribution in [0.4, 0.5) is 34.9 Å². The maximum absolute atomic E-state index is 13.8. The quantitative estimate of drug-likeness (QED) is 0.226. The van der Waals surface area contributed by atoms with Crippen LogP contribution in [-0.2, 0) is 16.6 Å². The van der Waals surface area contributed by atoms with E-state index in [1.54, 1.807) is 24.4 Å².